The van der Waals surface area contributed by atoms with Crippen molar-refractivity contribution in [1.82, 2.24) is 20.0 Å². The van der Waals surface area contributed by atoms with Crippen molar-refractivity contribution < 1.29 is 4.79 Å². The number of rotatable bonds is 7. The fourth-order valence-electron chi connectivity index (χ4n) is 3.30. The molecule has 0 saturated carbocycles. The van der Waals surface area contributed by atoms with Crippen LogP contribution in [0.1, 0.15) is 43.4 Å². The van der Waals surface area contributed by atoms with Crippen molar-refractivity contribution in [1.29, 1.82) is 0 Å². The predicted molar refractivity (Wildman–Crippen MR) is 94.4 cm³/mol. The Labute approximate surface area is 143 Å². The summed E-state index contributed by atoms with van der Waals surface area (Å²) in [6.07, 6.45) is 6.88. The number of benzene rings is 1. The molecule has 5 nitrogen and oxygen atoms in total. The Hall–Kier alpha value is -2.14. The van der Waals surface area contributed by atoms with Gasteiger partial charge >= 0.3 is 0 Å². The van der Waals surface area contributed by atoms with E-state index in [0.29, 0.717) is 6.54 Å². The average Bonchev–Trinajstić information content (AvgIpc) is 3.28. The number of nitrogens with one attached hydrogen (secondary N) is 1. The second-order valence-corrected chi connectivity index (χ2v) is 6.43. The van der Waals surface area contributed by atoms with Gasteiger partial charge in [0.1, 0.15) is 6.04 Å². The lowest BCUT2D eigenvalue weighted by Crippen LogP contribution is -2.32. The molecule has 24 heavy (non-hydrogen) atoms. The van der Waals surface area contributed by atoms with Crippen LogP contribution in [0.4, 0.5) is 0 Å². The molecular formula is C19H26N4O. The van der Waals surface area contributed by atoms with Crippen molar-refractivity contribution in [2.45, 2.75) is 45.3 Å². The summed E-state index contributed by atoms with van der Waals surface area (Å²) in [5.74, 6) is 0.0196. The second kappa shape index (κ2) is 8.11. The Bertz CT molecular complexity index is 647. The molecule has 1 aromatic heterocycles. The zero-order valence-electron chi connectivity index (χ0n) is 14.3. The van der Waals surface area contributed by atoms with Gasteiger partial charge in [0.25, 0.3) is 0 Å². The minimum absolute atomic E-state index is 0.0196. The SMILES string of the molecule is CCC(C(=O)NCc1cccc(CN2CCCC2)c1)n1cccn1. The number of hydrogen-bond donors (Lipinski definition) is 1. The predicted octanol–water partition coefficient (Wildman–Crippen LogP) is 2.75. The molecule has 3 rings (SSSR count). The highest BCUT2D eigenvalue weighted by molar-refractivity contribution is 5.80. The summed E-state index contributed by atoms with van der Waals surface area (Å²) in [5.41, 5.74) is 2.47. The largest absolute Gasteiger partial charge is 0.350 e. The Morgan fingerprint density at radius 2 is 2.04 bits per heavy atom. The van der Waals surface area contributed by atoms with E-state index in [1.54, 1.807) is 10.9 Å². The molecule has 1 fully saturated rings. The van der Waals surface area contributed by atoms with Gasteiger partial charge in [0.2, 0.25) is 5.91 Å². The Kier molecular flexibility index (Phi) is 5.64. The summed E-state index contributed by atoms with van der Waals surface area (Å²) in [6, 6.07) is 10.1. The quantitative estimate of drug-likeness (QED) is 0.851. The molecule has 1 saturated heterocycles. The van der Waals surface area contributed by atoms with Gasteiger partial charge in [0.15, 0.2) is 0 Å². The number of hydrogen-bond acceptors (Lipinski definition) is 3. The van der Waals surface area contributed by atoms with Crippen molar-refractivity contribution in [3.63, 3.8) is 0 Å². The lowest BCUT2D eigenvalue weighted by atomic mass is 10.1. The summed E-state index contributed by atoms with van der Waals surface area (Å²) in [6.45, 7) is 5.96. The Morgan fingerprint density at radius 3 is 2.75 bits per heavy atom. The van der Waals surface area contributed by atoms with Gasteiger partial charge in [-0.25, -0.2) is 0 Å². The van der Waals surface area contributed by atoms with Crippen LogP contribution in [0.2, 0.25) is 0 Å². The third-order valence-electron chi connectivity index (χ3n) is 4.60. The molecule has 1 amide bonds. The summed E-state index contributed by atoms with van der Waals surface area (Å²) >= 11 is 0. The van der Waals surface area contributed by atoms with E-state index in [0.717, 1.165) is 18.5 Å². The van der Waals surface area contributed by atoms with E-state index in [4.69, 9.17) is 0 Å². The number of likely N-dealkylation sites (tertiary alicyclic amines) is 1. The van der Waals surface area contributed by atoms with Gasteiger partial charge in [-0.2, -0.15) is 5.10 Å². The van der Waals surface area contributed by atoms with Crippen LogP contribution in [0.15, 0.2) is 42.7 Å². The molecule has 1 atom stereocenters. The number of carbonyl (C=O) groups excluding carboxylic acids is 1. The highest BCUT2D eigenvalue weighted by Gasteiger charge is 2.18. The first-order valence-corrected chi connectivity index (χ1v) is 8.83. The zero-order chi connectivity index (χ0) is 16.8. The average molecular weight is 326 g/mol. The van der Waals surface area contributed by atoms with Crippen LogP contribution in [0.5, 0.6) is 0 Å². The van der Waals surface area contributed by atoms with E-state index >= 15 is 0 Å². The van der Waals surface area contributed by atoms with E-state index in [1.165, 1.54) is 31.5 Å². The monoisotopic (exact) mass is 326 g/mol. The van der Waals surface area contributed by atoms with Crippen molar-refractivity contribution in [2.24, 2.45) is 0 Å². The van der Waals surface area contributed by atoms with Crippen LogP contribution in [0.3, 0.4) is 0 Å². The Morgan fingerprint density at radius 1 is 1.25 bits per heavy atom. The minimum atomic E-state index is -0.243. The van der Waals surface area contributed by atoms with E-state index in [-0.39, 0.29) is 11.9 Å². The highest BCUT2D eigenvalue weighted by Crippen LogP contribution is 2.14. The van der Waals surface area contributed by atoms with E-state index < -0.39 is 0 Å². The number of aromatic nitrogens is 2. The van der Waals surface area contributed by atoms with Crippen LogP contribution in [0.25, 0.3) is 0 Å². The molecule has 5 heteroatoms. The summed E-state index contributed by atoms with van der Waals surface area (Å²) in [5, 5.41) is 7.23. The standard InChI is InChI=1S/C19H26N4O/c1-2-18(23-12-6-9-21-23)19(24)20-14-16-7-5-8-17(13-16)15-22-10-3-4-11-22/h5-9,12-13,18H,2-4,10-11,14-15H2,1H3,(H,20,24). The molecule has 1 aliphatic heterocycles. The first-order chi connectivity index (χ1) is 11.8. The van der Waals surface area contributed by atoms with Gasteiger partial charge in [-0.15, -0.1) is 0 Å². The maximum Gasteiger partial charge on any atom is 0.245 e. The van der Waals surface area contributed by atoms with Gasteiger partial charge in [0, 0.05) is 25.5 Å². The van der Waals surface area contributed by atoms with Crippen LogP contribution >= 0.6 is 0 Å². The first kappa shape index (κ1) is 16.7. The van der Waals surface area contributed by atoms with Crippen LogP contribution in [-0.2, 0) is 17.9 Å². The molecule has 1 unspecified atom stereocenters. The topological polar surface area (TPSA) is 50.2 Å². The first-order valence-electron chi connectivity index (χ1n) is 8.83. The van der Waals surface area contributed by atoms with Crippen LogP contribution in [-0.4, -0.2) is 33.7 Å². The fourth-order valence-corrected chi connectivity index (χ4v) is 3.30. The fraction of sp³-hybridized carbons (Fsp3) is 0.474. The molecule has 0 aliphatic carbocycles. The van der Waals surface area contributed by atoms with Gasteiger partial charge < -0.3 is 5.32 Å². The number of nitrogens with zero attached hydrogens (tertiary/aromatic N) is 3. The summed E-state index contributed by atoms with van der Waals surface area (Å²) in [7, 11) is 0. The number of carbonyl (C=O) groups is 1. The van der Waals surface area contributed by atoms with Gasteiger partial charge in [-0.3, -0.25) is 14.4 Å². The maximum atomic E-state index is 12.4. The minimum Gasteiger partial charge on any atom is -0.350 e. The normalized spacial score (nSPS) is 16.2. The van der Waals surface area contributed by atoms with Crippen LogP contribution < -0.4 is 5.32 Å². The van der Waals surface area contributed by atoms with E-state index in [1.807, 2.05) is 19.2 Å². The second-order valence-electron chi connectivity index (χ2n) is 6.43. The van der Waals surface area contributed by atoms with E-state index in [9.17, 15) is 4.79 Å². The van der Waals surface area contributed by atoms with Gasteiger partial charge in [-0.1, -0.05) is 31.2 Å². The molecule has 1 aliphatic rings. The van der Waals surface area contributed by atoms with E-state index in [2.05, 4.69) is 39.6 Å². The molecule has 128 valence electrons. The molecule has 0 spiro atoms. The molecule has 0 bridgehead atoms. The third kappa shape index (κ3) is 4.23. The summed E-state index contributed by atoms with van der Waals surface area (Å²) in [4.78, 5) is 14.9. The van der Waals surface area contributed by atoms with Crippen molar-refractivity contribution in [3.8, 4) is 0 Å². The lowest BCUT2D eigenvalue weighted by Gasteiger charge is -2.17. The van der Waals surface area contributed by atoms with Gasteiger partial charge in [-0.05, 0) is 49.5 Å². The Balaban J connectivity index is 1.56. The molecule has 1 aromatic carbocycles. The van der Waals surface area contributed by atoms with Crippen molar-refractivity contribution in [3.05, 3.63) is 53.9 Å². The number of amides is 1. The molecule has 0 radical (unpaired) electrons. The van der Waals surface area contributed by atoms with Crippen molar-refractivity contribution >= 4 is 5.91 Å². The molecule has 2 aromatic rings. The van der Waals surface area contributed by atoms with Crippen LogP contribution in [0, 0.1) is 0 Å². The third-order valence-corrected chi connectivity index (χ3v) is 4.60. The maximum absolute atomic E-state index is 12.4. The molecule has 1 N–H and O–H groups in total. The van der Waals surface area contributed by atoms with Gasteiger partial charge in [0.05, 0.1) is 0 Å². The molecule has 2 heterocycles. The highest BCUT2D eigenvalue weighted by atomic mass is 16.2. The smallest absolute Gasteiger partial charge is 0.245 e. The van der Waals surface area contributed by atoms with Crippen molar-refractivity contribution in [2.75, 3.05) is 13.1 Å². The summed E-state index contributed by atoms with van der Waals surface area (Å²) < 4.78 is 1.72. The molecular weight excluding hydrogens is 300 g/mol. The zero-order valence-corrected chi connectivity index (χ0v) is 14.3. The lowest BCUT2D eigenvalue weighted by molar-refractivity contribution is -0.124.